The Hall–Kier alpha value is -2.86. The SMILES string of the molecule is Cc1c[nH]c(=O)c2cccc(C(=O)c3c(F)cc(C(C)(C)N)cc3F)c12. The number of rotatable bonds is 3. The van der Waals surface area contributed by atoms with Crippen LogP contribution < -0.4 is 11.3 Å². The summed E-state index contributed by atoms with van der Waals surface area (Å²) >= 11 is 0. The van der Waals surface area contributed by atoms with Gasteiger partial charge >= 0.3 is 0 Å². The van der Waals surface area contributed by atoms with Crippen molar-refractivity contribution in [1.29, 1.82) is 0 Å². The average Bonchev–Trinajstić information content (AvgIpc) is 2.56. The molecule has 26 heavy (non-hydrogen) atoms. The largest absolute Gasteiger partial charge is 0.328 e. The average molecular weight is 356 g/mol. The van der Waals surface area contributed by atoms with Gasteiger partial charge in [-0.3, -0.25) is 9.59 Å². The fourth-order valence-corrected chi connectivity index (χ4v) is 2.98. The van der Waals surface area contributed by atoms with Gasteiger partial charge in [-0.25, -0.2) is 8.78 Å². The lowest BCUT2D eigenvalue weighted by atomic mass is 9.91. The van der Waals surface area contributed by atoms with Crippen molar-refractivity contribution >= 4 is 16.6 Å². The molecule has 0 radical (unpaired) electrons. The number of H-pyrrole nitrogens is 1. The third kappa shape index (κ3) is 2.93. The number of nitrogens with one attached hydrogen (secondary N) is 1. The molecule has 6 heteroatoms. The highest BCUT2D eigenvalue weighted by atomic mass is 19.1. The molecular formula is C20H18F2N2O2. The van der Waals surface area contributed by atoms with E-state index in [-0.39, 0.29) is 22.1 Å². The Morgan fingerprint density at radius 2 is 1.77 bits per heavy atom. The summed E-state index contributed by atoms with van der Waals surface area (Å²) < 4.78 is 29.1. The van der Waals surface area contributed by atoms with Gasteiger partial charge in [-0.1, -0.05) is 12.1 Å². The molecule has 0 aliphatic heterocycles. The summed E-state index contributed by atoms with van der Waals surface area (Å²) in [6.07, 6.45) is 1.47. The van der Waals surface area contributed by atoms with E-state index in [1.807, 2.05) is 0 Å². The number of hydrogen-bond acceptors (Lipinski definition) is 3. The van der Waals surface area contributed by atoms with Crippen molar-refractivity contribution in [3.05, 3.63) is 80.8 Å². The van der Waals surface area contributed by atoms with Gasteiger partial charge in [0, 0.05) is 28.1 Å². The molecule has 134 valence electrons. The fraction of sp³-hybridized carbons (Fsp3) is 0.200. The number of aromatic amines is 1. The van der Waals surface area contributed by atoms with E-state index in [4.69, 9.17) is 5.73 Å². The molecule has 0 spiro atoms. The zero-order chi connectivity index (χ0) is 19.2. The molecule has 0 unspecified atom stereocenters. The van der Waals surface area contributed by atoms with Crippen LogP contribution in [-0.4, -0.2) is 10.8 Å². The first-order valence-corrected chi connectivity index (χ1v) is 8.05. The highest BCUT2D eigenvalue weighted by Crippen LogP contribution is 2.27. The summed E-state index contributed by atoms with van der Waals surface area (Å²) in [4.78, 5) is 27.5. The predicted molar refractivity (Wildman–Crippen MR) is 96.3 cm³/mol. The summed E-state index contributed by atoms with van der Waals surface area (Å²) in [6, 6.07) is 6.67. The highest BCUT2D eigenvalue weighted by Gasteiger charge is 2.25. The molecule has 0 bridgehead atoms. The van der Waals surface area contributed by atoms with Gasteiger partial charge in [0.15, 0.2) is 5.78 Å². The number of pyridine rings is 1. The summed E-state index contributed by atoms with van der Waals surface area (Å²) in [7, 11) is 0. The van der Waals surface area contributed by atoms with Gasteiger partial charge in [0.2, 0.25) is 0 Å². The molecular weight excluding hydrogens is 338 g/mol. The molecule has 4 nitrogen and oxygen atoms in total. The van der Waals surface area contributed by atoms with Crippen molar-refractivity contribution in [3.63, 3.8) is 0 Å². The summed E-state index contributed by atoms with van der Waals surface area (Å²) in [6.45, 7) is 4.94. The quantitative estimate of drug-likeness (QED) is 0.705. The molecule has 1 heterocycles. The summed E-state index contributed by atoms with van der Waals surface area (Å²) in [5.74, 6) is -2.79. The second kappa shape index (κ2) is 6.14. The molecule has 3 N–H and O–H groups in total. The fourth-order valence-electron chi connectivity index (χ4n) is 2.98. The Balaban J connectivity index is 2.25. The molecule has 2 aromatic carbocycles. The second-order valence-electron chi connectivity index (χ2n) is 6.89. The van der Waals surface area contributed by atoms with E-state index in [1.165, 1.54) is 18.3 Å². The van der Waals surface area contributed by atoms with Crippen LogP contribution in [0.5, 0.6) is 0 Å². The van der Waals surface area contributed by atoms with Crippen LogP contribution in [0.3, 0.4) is 0 Å². The normalized spacial score (nSPS) is 11.8. The topological polar surface area (TPSA) is 76.0 Å². The summed E-state index contributed by atoms with van der Waals surface area (Å²) in [5, 5.41) is 0.666. The van der Waals surface area contributed by atoms with Crippen LogP contribution in [0.1, 0.15) is 40.9 Å². The monoisotopic (exact) mass is 356 g/mol. The molecule has 0 amide bonds. The molecule has 3 aromatic rings. The first-order chi connectivity index (χ1) is 12.1. The molecule has 3 rings (SSSR count). The number of ketones is 1. The number of carbonyl (C=O) groups is 1. The number of aromatic nitrogens is 1. The van der Waals surface area contributed by atoms with Gasteiger partial charge in [0.25, 0.3) is 5.56 Å². The van der Waals surface area contributed by atoms with Crippen molar-refractivity contribution in [2.45, 2.75) is 26.3 Å². The van der Waals surface area contributed by atoms with Crippen molar-refractivity contribution < 1.29 is 13.6 Å². The highest BCUT2D eigenvalue weighted by molar-refractivity contribution is 6.17. The molecule has 0 aliphatic carbocycles. The van der Waals surface area contributed by atoms with E-state index in [2.05, 4.69) is 4.98 Å². The molecule has 0 saturated carbocycles. The Kier molecular flexibility index (Phi) is 4.24. The Bertz CT molecular complexity index is 1070. The van der Waals surface area contributed by atoms with Gasteiger partial charge in [0.1, 0.15) is 11.6 Å². The van der Waals surface area contributed by atoms with E-state index in [0.29, 0.717) is 10.9 Å². The van der Waals surface area contributed by atoms with E-state index in [9.17, 15) is 18.4 Å². The lowest BCUT2D eigenvalue weighted by Crippen LogP contribution is -2.29. The Morgan fingerprint density at radius 1 is 1.15 bits per heavy atom. The summed E-state index contributed by atoms with van der Waals surface area (Å²) in [5.41, 5.74) is 4.85. The van der Waals surface area contributed by atoms with Crippen LogP contribution in [0.2, 0.25) is 0 Å². The van der Waals surface area contributed by atoms with Gasteiger partial charge in [0.05, 0.1) is 5.56 Å². The molecule has 0 fully saturated rings. The van der Waals surface area contributed by atoms with Crippen molar-refractivity contribution in [2.24, 2.45) is 5.73 Å². The van der Waals surface area contributed by atoms with E-state index in [1.54, 1.807) is 26.8 Å². The molecule has 0 aliphatic rings. The maximum absolute atomic E-state index is 14.6. The van der Waals surface area contributed by atoms with Gasteiger partial charge < -0.3 is 10.7 Å². The predicted octanol–water partition coefficient (Wildman–Crippen LogP) is 3.54. The van der Waals surface area contributed by atoms with Crippen molar-refractivity contribution in [3.8, 4) is 0 Å². The van der Waals surface area contributed by atoms with E-state index in [0.717, 1.165) is 12.1 Å². The number of hydrogen-bond donors (Lipinski definition) is 2. The number of carbonyl (C=O) groups excluding carboxylic acids is 1. The number of halogens is 2. The van der Waals surface area contributed by atoms with E-state index < -0.39 is 28.5 Å². The first kappa shape index (κ1) is 17.9. The maximum atomic E-state index is 14.6. The molecule has 0 atom stereocenters. The number of nitrogens with two attached hydrogens (primary N) is 1. The van der Waals surface area contributed by atoms with Gasteiger partial charge in [-0.15, -0.1) is 0 Å². The van der Waals surface area contributed by atoms with Crippen LogP contribution >= 0.6 is 0 Å². The van der Waals surface area contributed by atoms with Crippen LogP contribution in [0.25, 0.3) is 10.8 Å². The van der Waals surface area contributed by atoms with Gasteiger partial charge in [-0.2, -0.15) is 0 Å². The minimum atomic E-state index is -0.983. The maximum Gasteiger partial charge on any atom is 0.255 e. The van der Waals surface area contributed by atoms with Crippen LogP contribution in [-0.2, 0) is 5.54 Å². The van der Waals surface area contributed by atoms with Crippen LogP contribution in [0, 0.1) is 18.6 Å². The van der Waals surface area contributed by atoms with Crippen molar-refractivity contribution in [2.75, 3.05) is 0 Å². The minimum absolute atomic E-state index is 0.0728. The number of benzene rings is 2. The first-order valence-electron chi connectivity index (χ1n) is 8.05. The lowest BCUT2D eigenvalue weighted by molar-refractivity contribution is 0.103. The van der Waals surface area contributed by atoms with Gasteiger partial charge in [-0.05, 0) is 50.1 Å². The third-order valence-electron chi connectivity index (χ3n) is 4.38. The zero-order valence-electron chi connectivity index (χ0n) is 14.6. The third-order valence-corrected chi connectivity index (χ3v) is 4.38. The Morgan fingerprint density at radius 3 is 2.35 bits per heavy atom. The number of fused-ring (bicyclic) bond motifs is 1. The molecule has 0 saturated heterocycles. The molecule has 1 aromatic heterocycles. The Labute approximate surface area is 148 Å². The lowest BCUT2D eigenvalue weighted by Gasteiger charge is -2.20. The zero-order valence-corrected chi connectivity index (χ0v) is 14.6. The van der Waals surface area contributed by atoms with E-state index >= 15 is 0 Å². The van der Waals surface area contributed by atoms with Crippen molar-refractivity contribution in [1.82, 2.24) is 4.98 Å². The second-order valence-corrected chi connectivity index (χ2v) is 6.89. The van der Waals surface area contributed by atoms with Crippen LogP contribution in [0.4, 0.5) is 8.78 Å². The number of aryl methyl sites for hydroxylation is 1. The minimum Gasteiger partial charge on any atom is -0.328 e. The smallest absolute Gasteiger partial charge is 0.255 e. The van der Waals surface area contributed by atoms with Crippen LogP contribution in [0.15, 0.2) is 41.3 Å². The standard InChI is InChI=1S/C20H18F2N2O2/c1-10-9-24-19(26)13-6-4-5-12(16(10)13)18(25)17-14(21)7-11(8-15(17)22)20(2,3)23/h4-9H,23H2,1-3H3,(H,24,26).